The van der Waals surface area contributed by atoms with Crippen molar-refractivity contribution >= 4 is 32.5 Å². The smallest absolute Gasteiger partial charge is 0.491 e. The molecule has 1 saturated heterocycles. The lowest BCUT2D eigenvalue weighted by Crippen LogP contribution is -2.47. The van der Waals surface area contributed by atoms with Crippen molar-refractivity contribution in [2.45, 2.75) is 83.9 Å². The molecule has 1 atom stereocenters. The normalized spacial score (nSPS) is 19.8. The van der Waals surface area contributed by atoms with Gasteiger partial charge in [0, 0.05) is 11.6 Å². The maximum Gasteiger partial charge on any atom is 0.495 e. The van der Waals surface area contributed by atoms with E-state index >= 15 is 0 Å². The van der Waals surface area contributed by atoms with Crippen LogP contribution in [-0.4, -0.2) is 52.9 Å². The van der Waals surface area contributed by atoms with Gasteiger partial charge >= 0.3 is 7.12 Å². The maximum atomic E-state index is 6.55. The molecule has 1 aliphatic heterocycles. The highest BCUT2D eigenvalue weighted by Crippen LogP contribution is 2.38. The van der Waals surface area contributed by atoms with Crippen LogP contribution in [0.3, 0.4) is 0 Å². The molecule has 2 rings (SSSR count). The SMILES string of the molecule is CNCC(COc1cc(Cl)cc(B2OC(C)(C)C(C)(C)O2)c1)O[Si](C)(C)C(C)(C)C. The summed E-state index contributed by atoms with van der Waals surface area (Å²) in [7, 11) is -0.455. The van der Waals surface area contributed by atoms with Crippen molar-refractivity contribution in [3.05, 3.63) is 23.2 Å². The largest absolute Gasteiger partial charge is 0.495 e. The number of hydrogen-bond acceptors (Lipinski definition) is 5. The molecule has 1 fully saturated rings. The predicted octanol–water partition coefficient (Wildman–Crippen LogP) is 4.63. The Labute approximate surface area is 189 Å². The molecule has 1 aromatic carbocycles. The quantitative estimate of drug-likeness (QED) is 0.579. The maximum absolute atomic E-state index is 6.55. The lowest BCUT2D eigenvalue weighted by atomic mass is 9.79. The van der Waals surface area contributed by atoms with E-state index in [0.29, 0.717) is 17.4 Å². The molecular formula is C22H39BClNO4Si. The summed E-state index contributed by atoms with van der Waals surface area (Å²) in [4.78, 5) is 0. The molecule has 170 valence electrons. The van der Waals surface area contributed by atoms with Crippen molar-refractivity contribution in [1.29, 1.82) is 0 Å². The fraction of sp³-hybridized carbons (Fsp3) is 0.727. The van der Waals surface area contributed by atoms with E-state index < -0.39 is 26.6 Å². The number of benzene rings is 1. The highest BCUT2D eigenvalue weighted by Gasteiger charge is 2.51. The van der Waals surface area contributed by atoms with Crippen LogP contribution < -0.4 is 15.5 Å². The number of hydrogen-bond donors (Lipinski definition) is 1. The minimum Gasteiger partial charge on any atom is -0.491 e. The van der Waals surface area contributed by atoms with Crippen LogP contribution in [0.4, 0.5) is 0 Å². The van der Waals surface area contributed by atoms with E-state index in [9.17, 15) is 0 Å². The molecule has 1 unspecified atom stereocenters. The van der Waals surface area contributed by atoms with Gasteiger partial charge in [-0.1, -0.05) is 32.4 Å². The first-order chi connectivity index (χ1) is 13.6. The second kappa shape index (κ2) is 9.12. The fourth-order valence-electron chi connectivity index (χ4n) is 2.93. The van der Waals surface area contributed by atoms with Gasteiger partial charge in [-0.15, -0.1) is 0 Å². The van der Waals surface area contributed by atoms with Gasteiger partial charge in [-0.2, -0.15) is 0 Å². The van der Waals surface area contributed by atoms with E-state index in [1.807, 2.05) is 52.9 Å². The van der Waals surface area contributed by atoms with Gasteiger partial charge in [0.1, 0.15) is 12.4 Å². The second-order valence-electron chi connectivity index (χ2n) is 10.7. The number of rotatable bonds is 8. The third-order valence-electron chi connectivity index (χ3n) is 6.55. The van der Waals surface area contributed by atoms with Crippen molar-refractivity contribution in [3.63, 3.8) is 0 Å². The third-order valence-corrected chi connectivity index (χ3v) is 11.3. The molecule has 0 aliphatic carbocycles. The molecule has 1 N–H and O–H groups in total. The third kappa shape index (κ3) is 6.02. The predicted molar refractivity (Wildman–Crippen MR) is 129 cm³/mol. The van der Waals surface area contributed by atoms with Crippen LogP contribution in [0.5, 0.6) is 5.75 Å². The first kappa shape index (κ1) is 25.7. The number of likely N-dealkylation sites (N-methyl/N-ethyl adjacent to an activating group) is 1. The first-order valence-corrected chi connectivity index (χ1v) is 14.0. The average molecular weight is 456 g/mol. The van der Waals surface area contributed by atoms with E-state index in [2.05, 4.69) is 39.2 Å². The standard InChI is InChI=1S/C22H39BClNO4Si/c1-20(2,3)30(9,10)27-19(14-25-8)15-26-18-12-16(11-17(24)13-18)23-28-21(4,5)22(6,7)29-23/h11-13,19,25H,14-15H2,1-10H3. The van der Waals surface area contributed by atoms with Gasteiger partial charge < -0.3 is 23.8 Å². The lowest BCUT2D eigenvalue weighted by Gasteiger charge is -2.39. The highest BCUT2D eigenvalue weighted by atomic mass is 35.5. The number of nitrogens with one attached hydrogen (secondary N) is 1. The minimum absolute atomic E-state index is 0.0461. The van der Waals surface area contributed by atoms with E-state index in [1.165, 1.54) is 0 Å². The highest BCUT2D eigenvalue weighted by molar-refractivity contribution is 6.74. The number of halogens is 1. The van der Waals surface area contributed by atoms with Crippen LogP contribution >= 0.6 is 11.6 Å². The molecule has 1 heterocycles. The van der Waals surface area contributed by atoms with Crippen LogP contribution in [0.2, 0.25) is 23.2 Å². The van der Waals surface area contributed by atoms with Gasteiger partial charge in [0.25, 0.3) is 0 Å². The Morgan fingerprint density at radius 3 is 2.17 bits per heavy atom. The van der Waals surface area contributed by atoms with Crippen LogP contribution in [0.1, 0.15) is 48.5 Å². The van der Waals surface area contributed by atoms with Gasteiger partial charge in [-0.05, 0) is 76.5 Å². The molecule has 0 bridgehead atoms. The van der Waals surface area contributed by atoms with Crippen LogP contribution in [0.15, 0.2) is 18.2 Å². The molecule has 0 spiro atoms. The molecule has 1 aliphatic rings. The Morgan fingerprint density at radius 2 is 1.67 bits per heavy atom. The van der Waals surface area contributed by atoms with Gasteiger partial charge in [0.2, 0.25) is 0 Å². The summed E-state index contributed by atoms with van der Waals surface area (Å²) in [5.41, 5.74) is 0.0397. The van der Waals surface area contributed by atoms with Crippen molar-refractivity contribution in [3.8, 4) is 5.75 Å². The summed E-state index contributed by atoms with van der Waals surface area (Å²) >= 11 is 6.39. The van der Waals surface area contributed by atoms with Crippen molar-refractivity contribution in [2.24, 2.45) is 0 Å². The molecule has 0 saturated carbocycles. The molecule has 8 heteroatoms. The Balaban J connectivity index is 2.13. The molecule has 1 aromatic rings. The van der Waals surface area contributed by atoms with E-state index in [4.69, 9.17) is 30.1 Å². The Hall–Kier alpha value is -0.568. The van der Waals surface area contributed by atoms with Crippen LogP contribution in [-0.2, 0) is 13.7 Å². The number of ether oxygens (including phenoxy) is 1. The Bertz CT molecular complexity index is 720. The summed E-state index contributed by atoms with van der Waals surface area (Å²) in [5.74, 6) is 0.687. The second-order valence-corrected chi connectivity index (χ2v) is 15.9. The molecule has 30 heavy (non-hydrogen) atoms. The van der Waals surface area contributed by atoms with Crippen molar-refractivity contribution in [2.75, 3.05) is 20.2 Å². The average Bonchev–Trinajstić information content (AvgIpc) is 2.79. The Morgan fingerprint density at radius 1 is 1.10 bits per heavy atom. The molecule has 5 nitrogen and oxygen atoms in total. The van der Waals surface area contributed by atoms with E-state index in [0.717, 1.165) is 12.0 Å². The van der Waals surface area contributed by atoms with Gasteiger partial charge in [0.15, 0.2) is 8.32 Å². The van der Waals surface area contributed by atoms with E-state index in [1.54, 1.807) is 0 Å². The lowest BCUT2D eigenvalue weighted by molar-refractivity contribution is 0.00578. The molecule has 0 radical (unpaired) electrons. The molecule has 0 aromatic heterocycles. The zero-order valence-corrected chi connectivity index (χ0v) is 22.1. The molecule has 0 amide bonds. The van der Waals surface area contributed by atoms with Gasteiger partial charge in [0.05, 0.1) is 17.3 Å². The summed E-state index contributed by atoms with van der Waals surface area (Å²) < 4.78 is 25.0. The zero-order chi connectivity index (χ0) is 23.0. The van der Waals surface area contributed by atoms with Gasteiger partial charge in [-0.3, -0.25) is 0 Å². The summed E-state index contributed by atoms with van der Waals surface area (Å²) in [6.45, 7) is 20.5. The zero-order valence-electron chi connectivity index (χ0n) is 20.3. The molecular weight excluding hydrogens is 417 g/mol. The van der Waals surface area contributed by atoms with Crippen molar-refractivity contribution < 1.29 is 18.5 Å². The van der Waals surface area contributed by atoms with Crippen molar-refractivity contribution in [1.82, 2.24) is 5.32 Å². The Kier molecular flexibility index (Phi) is 7.81. The van der Waals surface area contributed by atoms with E-state index in [-0.39, 0.29) is 11.1 Å². The monoisotopic (exact) mass is 455 g/mol. The fourth-order valence-corrected chi connectivity index (χ4v) is 4.50. The van der Waals surface area contributed by atoms with Gasteiger partial charge in [-0.25, -0.2) is 0 Å². The first-order valence-electron chi connectivity index (χ1n) is 10.7. The van der Waals surface area contributed by atoms with Crippen LogP contribution in [0.25, 0.3) is 0 Å². The summed E-state index contributed by atoms with van der Waals surface area (Å²) in [6.07, 6.45) is -0.0461. The topological polar surface area (TPSA) is 49.0 Å². The summed E-state index contributed by atoms with van der Waals surface area (Å²) in [6, 6.07) is 5.63. The minimum atomic E-state index is -1.90. The van der Waals surface area contributed by atoms with Crippen LogP contribution in [0, 0.1) is 0 Å². The summed E-state index contributed by atoms with van der Waals surface area (Å²) in [5, 5.41) is 3.94.